The van der Waals surface area contributed by atoms with Gasteiger partial charge in [0.2, 0.25) is 0 Å². The third-order valence-corrected chi connectivity index (χ3v) is 3.23. The van der Waals surface area contributed by atoms with Gasteiger partial charge in [-0.1, -0.05) is 44.0 Å². The molecular formula is C14H21N. The molecule has 1 aliphatic heterocycles. The first kappa shape index (κ1) is 10.7. The Morgan fingerprint density at radius 3 is 2.60 bits per heavy atom. The van der Waals surface area contributed by atoms with Crippen LogP contribution in [-0.4, -0.2) is 6.54 Å². The molecule has 1 atom stereocenters. The molecule has 0 radical (unpaired) electrons. The van der Waals surface area contributed by atoms with Gasteiger partial charge in [0.05, 0.1) is 0 Å². The molecule has 1 saturated heterocycles. The summed E-state index contributed by atoms with van der Waals surface area (Å²) in [6.45, 7) is 3.41. The van der Waals surface area contributed by atoms with Gasteiger partial charge in [-0.05, 0) is 36.9 Å². The van der Waals surface area contributed by atoms with Gasteiger partial charge in [-0.25, -0.2) is 0 Å². The molecule has 1 aromatic carbocycles. The van der Waals surface area contributed by atoms with E-state index < -0.39 is 0 Å². The van der Waals surface area contributed by atoms with Crippen LogP contribution in [0.3, 0.4) is 0 Å². The van der Waals surface area contributed by atoms with Crippen molar-refractivity contribution >= 4 is 0 Å². The highest BCUT2D eigenvalue weighted by atomic mass is 14.9. The highest BCUT2D eigenvalue weighted by Gasteiger charge is 2.13. The molecule has 1 fully saturated rings. The van der Waals surface area contributed by atoms with Crippen LogP contribution < -0.4 is 5.32 Å². The van der Waals surface area contributed by atoms with E-state index in [-0.39, 0.29) is 0 Å². The topological polar surface area (TPSA) is 12.0 Å². The van der Waals surface area contributed by atoms with Crippen molar-refractivity contribution in [3.63, 3.8) is 0 Å². The van der Waals surface area contributed by atoms with E-state index in [0.29, 0.717) is 6.04 Å². The van der Waals surface area contributed by atoms with Crippen molar-refractivity contribution in [2.45, 2.75) is 45.1 Å². The van der Waals surface area contributed by atoms with Crippen molar-refractivity contribution in [2.24, 2.45) is 0 Å². The fraction of sp³-hybridized carbons (Fsp3) is 0.571. The summed E-state index contributed by atoms with van der Waals surface area (Å²) >= 11 is 0. The van der Waals surface area contributed by atoms with Gasteiger partial charge >= 0.3 is 0 Å². The number of hydrogen-bond donors (Lipinski definition) is 1. The Kier molecular flexibility index (Phi) is 3.79. The molecule has 1 aliphatic rings. The second-order valence-electron chi connectivity index (χ2n) is 4.49. The Bertz CT molecular complexity index is 283. The number of rotatable bonds is 3. The summed E-state index contributed by atoms with van der Waals surface area (Å²) in [5.41, 5.74) is 2.94. The van der Waals surface area contributed by atoms with Crippen LogP contribution >= 0.6 is 0 Å². The van der Waals surface area contributed by atoms with E-state index in [1.54, 1.807) is 0 Å². The standard InChI is InChI=1S/C14H21N/c1-2-5-12-7-9-13(10-8-12)14-6-3-4-11-15-14/h7-10,14-15H,2-6,11H2,1H3. The van der Waals surface area contributed by atoms with Crippen LogP contribution in [0.2, 0.25) is 0 Å². The van der Waals surface area contributed by atoms with Gasteiger partial charge in [-0.15, -0.1) is 0 Å². The maximum Gasteiger partial charge on any atom is 0.0320 e. The Morgan fingerprint density at radius 2 is 2.00 bits per heavy atom. The summed E-state index contributed by atoms with van der Waals surface area (Å²) in [5, 5.41) is 3.59. The minimum absolute atomic E-state index is 0.606. The first-order valence-corrected chi connectivity index (χ1v) is 6.22. The van der Waals surface area contributed by atoms with Crippen molar-refractivity contribution in [3.8, 4) is 0 Å². The molecule has 0 amide bonds. The summed E-state index contributed by atoms with van der Waals surface area (Å²) in [4.78, 5) is 0. The highest BCUT2D eigenvalue weighted by Crippen LogP contribution is 2.23. The van der Waals surface area contributed by atoms with Crippen molar-refractivity contribution in [2.75, 3.05) is 6.54 Å². The predicted molar refractivity (Wildman–Crippen MR) is 65.0 cm³/mol. The van der Waals surface area contributed by atoms with E-state index in [2.05, 4.69) is 36.5 Å². The van der Waals surface area contributed by atoms with Gasteiger partial charge in [0.15, 0.2) is 0 Å². The molecule has 0 spiro atoms. The Morgan fingerprint density at radius 1 is 1.20 bits per heavy atom. The third-order valence-electron chi connectivity index (χ3n) is 3.23. The molecule has 1 aromatic rings. The van der Waals surface area contributed by atoms with Gasteiger partial charge in [0.1, 0.15) is 0 Å². The van der Waals surface area contributed by atoms with Crippen LogP contribution in [0.5, 0.6) is 0 Å². The zero-order valence-corrected chi connectivity index (χ0v) is 9.63. The monoisotopic (exact) mass is 203 g/mol. The minimum atomic E-state index is 0.606. The fourth-order valence-electron chi connectivity index (χ4n) is 2.34. The lowest BCUT2D eigenvalue weighted by Gasteiger charge is -2.23. The normalized spacial score (nSPS) is 21.5. The van der Waals surface area contributed by atoms with Gasteiger partial charge in [-0.2, -0.15) is 0 Å². The molecule has 1 heterocycles. The lowest BCUT2D eigenvalue weighted by Crippen LogP contribution is -2.26. The van der Waals surface area contributed by atoms with Crippen molar-refractivity contribution in [1.82, 2.24) is 5.32 Å². The van der Waals surface area contributed by atoms with Gasteiger partial charge in [-0.3, -0.25) is 0 Å². The maximum atomic E-state index is 3.59. The molecule has 0 aromatic heterocycles. The zero-order valence-electron chi connectivity index (χ0n) is 9.63. The van der Waals surface area contributed by atoms with Crippen LogP contribution in [0.25, 0.3) is 0 Å². The van der Waals surface area contributed by atoms with Crippen molar-refractivity contribution < 1.29 is 0 Å². The van der Waals surface area contributed by atoms with E-state index in [1.807, 2.05) is 0 Å². The molecule has 1 nitrogen and oxygen atoms in total. The first-order chi connectivity index (χ1) is 7.40. The van der Waals surface area contributed by atoms with E-state index in [0.717, 1.165) is 0 Å². The highest BCUT2D eigenvalue weighted by molar-refractivity contribution is 5.25. The number of piperidine rings is 1. The smallest absolute Gasteiger partial charge is 0.0320 e. The first-order valence-electron chi connectivity index (χ1n) is 6.22. The average Bonchev–Trinajstić information content (AvgIpc) is 2.32. The number of hydrogen-bond acceptors (Lipinski definition) is 1. The maximum absolute atomic E-state index is 3.59. The van der Waals surface area contributed by atoms with E-state index in [9.17, 15) is 0 Å². The summed E-state index contributed by atoms with van der Waals surface area (Å²) < 4.78 is 0. The van der Waals surface area contributed by atoms with Crippen LogP contribution in [0.4, 0.5) is 0 Å². The lowest BCUT2D eigenvalue weighted by atomic mass is 9.96. The van der Waals surface area contributed by atoms with Crippen LogP contribution in [-0.2, 0) is 6.42 Å². The second-order valence-corrected chi connectivity index (χ2v) is 4.49. The minimum Gasteiger partial charge on any atom is -0.310 e. The zero-order chi connectivity index (χ0) is 10.5. The second kappa shape index (κ2) is 5.32. The van der Waals surface area contributed by atoms with Crippen LogP contribution in [0.15, 0.2) is 24.3 Å². The quantitative estimate of drug-likeness (QED) is 0.793. The molecule has 1 heteroatoms. The van der Waals surface area contributed by atoms with E-state index >= 15 is 0 Å². The van der Waals surface area contributed by atoms with Crippen molar-refractivity contribution in [3.05, 3.63) is 35.4 Å². The van der Waals surface area contributed by atoms with E-state index in [4.69, 9.17) is 0 Å². The predicted octanol–water partition coefficient (Wildman–Crippen LogP) is 3.45. The fourth-order valence-corrected chi connectivity index (χ4v) is 2.34. The molecule has 15 heavy (non-hydrogen) atoms. The number of nitrogens with one attached hydrogen (secondary N) is 1. The molecule has 1 N–H and O–H groups in total. The van der Waals surface area contributed by atoms with E-state index in [1.165, 1.54) is 49.8 Å². The lowest BCUT2D eigenvalue weighted by molar-refractivity contribution is 0.412. The Hall–Kier alpha value is -0.820. The molecule has 2 rings (SSSR count). The van der Waals surface area contributed by atoms with Crippen LogP contribution in [0, 0.1) is 0 Å². The molecular weight excluding hydrogens is 182 g/mol. The van der Waals surface area contributed by atoms with Gasteiger partial charge < -0.3 is 5.32 Å². The summed E-state index contributed by atoms with van der Waals surface area (Å²) in [6, 6.07) is 9.78. The summed E-state index contributed by atoms with van der Waals surface area (Å²) in [6.07, 6.45) is 6.45. The third kappa shape index (κ3) is 2.82. The molecule has 0 aliphatic carbocycles. The van der Waals surface area contributed by atoms with Crippen molar-refractivity contribution in [1.29, 1.82) is 0 Å². The van der Waals surface area contributed by atoms with Gasteiger partial charge in [0.25, 0.3) is 0 Å². The Labute approximate surface area is 92.9 Å². The summed E-state index contributed by atoms with van der Waals surface area (Å²) in [5.74, 6) is 0. The number of benzene rings is 1. The molecule has 0 bridgehead atoms. The van der Waals surface area contributed by atoms with Gasteiger partial charge in [0, 0.05) is 6.04 Å². The largest absolute Gasteiger partial charge is 0.310 e. The Balaban J connectivity index is 2.02. The molecule has 0 saturated carbocycles. The summed E-state index contributed by atoms with van der Waals surface area (Å²) in [7, 11) is 0. The molecule has 1 unspecified atom stereocenters. The average molecular weight is 203 g/mol. The van der Waals surface area contributed by atoms with Crippen LogP contribution in [0.1, 0.15) is 49.8 Å². The SMILES string of the molecule is CCCc1ccc(C2CCCCN2)cc1. The number of aryl methyl sites for hydroxylation is 1. The molecule has 82 valence electrons.